The van der Waals surface area contributed by atoms with Crippen LogP contribution >= 0.6 is 34.5 Å². The van der Waals surface area contributed by atoms with Crippen LogP contribution in [0.3, 0.4) is 0 Å². The van der Waals surface area contributed by atoms with Crippen molar-refractivity contribution in [2.45, 2.75) is 32.1 Å². The Morgan fingerprint density at radius 1 is 1.11 bits per heavy atom. The van der Waals surface area contributed by atoms with Crippen molar-refractivity contribution in [3.8, 4) is 11.1 Å². The molecule has 0 bridgehead atoms. The minimum absolute atomic E-state index is 0.286. The van der Waals surface area contributed by atoms with Crippen LogP contribution in [0.5, 0.6) is 0 Å². The molecule has 0 saturated carbocycles. The number of halogens is 3. The van der Waals surface area contributed by atoms with Gasteiger partial charge < -0.3 is 19.7 Å². The van der Waals surface area contributed by atoms with E-state index in [9.17, 15) is 4.39 Å². The highest BCUT2D eigenvalue weighted by Gasteiger charge is 2.39. The van der Waals surface area contributed by atoms with Crippen molar-refractivity contribution < 1.29 is 4.39 Å². The zero-order valence-corrected chi connectivity index (χ0v) is 27.2. The summed E-state index contributed by atoms with van der Waals surface area (Å²) in [6.07, 6.45) is 4.62. The Labute approximate surface area is 275 Å². The minimum Gasteiger partial charge on any atom is -0.371 e. The maximum atomic E-state index is 14.4. The molecule has 0 aliphatic carbocycles. The number of anilines is 2. The number of rotatable bonds is 8. The number of nitrogens with zero attached hydrogens (tertiary/aromatic N) is 7. The summed E-state index contributed by atoms with van der Waals surface area (Å²) in [6.45, 7) is 12.6. The molecule has 2 aromatic carbocycles. The van der Waals surface area contributed by atoms with E-state index >= 15 is 0 Å². The Morgan fingerprint density at radius 2 is 1.89 bits per heavy atom. The van der Waals surface area contributed by atoms with E-state index in [-0.39, 0.29) is 6.42 Å². The lowest BCUT2D eigenvalue weighted by Gasteiger charge is -2.22. The maximum Gasteiger partial charge on any atom is 0.186 e. The topological polar surface area (TPSA) is 67.0 Å². The second kappa shape index (κ2) is 11.4. The molecule has 3 aliphatic heterocycles. The molecule has 8 nitrogen and oxygen atoms in total. The molecule has 4 atom stereocenters. The molecule has 2 unspecified atom stereocenters. The number of nitrogens with one attached hydrogen (secondary N) is 1. The summed E-state index contributed by atoms with van der Waals surface area (Å²) < 4.78 is 18.1. The highest BCUT2D eigenvalue weighted by molar-refractivity contribution is 7.13. The van der Waals surface area contributed by atoms with Crippen molar-refractivity contribution in [3.63, 3.8) is 0 Å². The van der Waals surface area contributed by atoms with Crippen molar-refractivity contribution in [1.82, 2.24) is 29.2 Å². The third-order valence-electron chi connectivity index (χ3n) is 9.60. The molecule has 6 heterocycles. The molecule has 8 rings (SSSR count). The number of hydrogen-bond acceptors (Lipinski definition) is 7. The van der Waals surface area contributed by atoms with E-state index in [2.05, 4.69) is 57.9 Å². The molecule has 0 spiro atoms. The molecular weight excluding hydrogens is 630 g/mol. The van der Waals surface area contributed by atoms with Gasteiger partial charge in [0.1, 0.15) is 17.7 Å². The summed E-state index contributed by atoms with van der Waals surface area (Å²) in [6, 6.07) is 9.97. The third kappa shape index (κ3) is 5.12. The Bertz CT molecular complexity index is 1870. The van der Waals surface area contributed by atoms with E-state index in [1.54, 1.807) is 17.2 Å². The van der Waals surface area contributed by atoms with E-state index < -0.39 is 12.2 Å². The van der Waals surface area contributed by atoms with Crippen LogP contribution in [0.25, 0.3) is 22.0 Å². The quantitative estimate of drug-likeness (QED) is 0.190. The fourth-order valence-corrected chi connectivity index (χ4v) is 8.45. The average Bonchev–Trinajstić information content (AvgIpc) is 3.86. The summed E-state index contributed by atoms with van der Waals surface area (Å²) in [7, 11) is 0. The molecule has 3 aromatic heterocycles. The van der Waals surface area contributed by atoms with Gasteiger partial charge in [0.2, 0.25) is 0 Å². The lowest BCUT2D eigenvalue weighted by Crippen LogP contribution is -2.28. The first kappa shape index (κ1) is 29.0. The average molecular weight is 664 g/mol. The number of aromatic nitrogens is 5. The van der Waals surface area contributed by atoms with Crippen LogP contribution < -0.4 is 10.2 Å². The highest BCUT2D eigenvalue weighted by atomic mass is 35.5. The van der Waals surface area contributed by atoms with Crippen LogP contribution in [0.4, 0.5) is 15.2 Å². The molecule has 0 radical (unpaired) electrons. The molecular formula is C33H33Cl2FN8S. The van der Waals surface area contributed by atoms with E-state index in [0.29, 0.717) is 38.6 Å². The molecule has 2 saturated heterocycles. The standard InChI is InChI=1S/C33H33Cl2FN8S/c1-3-41-12-21-14-42(15-22(21)13-41)24-6-4-20(5-7-24)25-11-27(34)26-17-44(40-30(26)29(25)35)32(19(2)39-33-37-8-9-45-33)31-28-10-23(36)16-43(28)18-38-31/h4-9,11,17-18,21-23,32H,2-3,10,12-16H2,1H3,(H,37,39)/t21-,22?,23+,32?/m0/s1. The fraction of sp³-hybridized carbons (Fsp3) is 0.364. The number of alkyl halides is 1. The van der Waals surface area contributed by atoms with Gasteiger partial charge in [-0.15, -0.1) is 11.3 Å². The highest BCUT2D eigenvalue weighted by Crippen LogP contribution is 2.41. The van der Waals surface area contributed by atoms with Crippen molar-refractivity contribution in [1.29, 1.82) is 0 Å². The van der Waals surface area contributed by atoms with E-state index in [4.69, 9.17) is 33.3 Å². The summed E-state index contributed by atoms with van der Waals surface area (Å²) >= 11 is 15.5. The molecule has 232 valence electrons. The van der Waals surface area contributed by atoms with Crippen molar-refractivity contribution in [2.24, 2.45) is 11.8 Å². The summed E-state index contributed by atoms with van der Waals surface area (Å²) in [5.74, 6) is 1.49. The van der Waals surface area contributed by atoms with Crippen molar-refractivity contribution >= 4 is 56.3 Å². The summed E-state index contributed by atoms with van der Waals surface area (Å²) in [5, 5.41) is 12.6. The minimum atomic E-state index is -0.950. The van der Waals surface area contributed by atoms with Crippen LogP contribution in [0.15, 0.2) is 66.7 Å². The van der Waals surface area contributed by atoms with Gasteiger partial charge >= 0.3 is 0 Å². The smallest absolute Gasteiger partial charge is 0.186 e. The molecule has 5 aromatic rings. The first-order valence-corrected chi connectivity index (χ1v) is 17.0. The number of benzene rings is 2. The molecule has 12 heteroatoms. The predicted molar refractivity (Wildman–Crippen MR) is 180 cm³/mol. The zero-order valence-electron chi connectivity index (χ0n) is 24.8. The van der Waals surface area contributed by atoms with Gasteiger partial charge in [0.05, 0.1) is 28.6 Å². The lowest BCUT2D eigenvalue weighted by atomic mass is 10.0. The van der Waals surface area contributed by atoms with Crippen LogP contribution in [-0.2, 0) is 13.0 Å². The second-order valence-corrected chi connectivity index (χ2v) is 14.0. The van der Waals surface area contributed by atoms with Gasteiger partial charge in [-0.05, 0) is 42.1 Å². The maximum absolute atomic E-state index is 14.4. The van der Waals surface area contributed by atoms with Crippen LogP contribution in [-0.4, -0.2) is 68.1 Å². The summed E-state index contributed by atoms with van der Waals surface area (Å²) in [5.41, 5.74) is 5.75. The van der Waals surface area contributed by atoms with Gasteiger partial charge in [-0.25, -0.2) is 14.4 Å². The van der Waals surface area contributed by atoms with Crippen LogP contribution in [0.1, 0.15) is 24.4 Å². The van der Waals surface area contributed by atoms with Crippen LogP contribution in [0.2, 0.25) is 10.0 Å². The van der Waals surface area contributed by atoms with Gasteiger partial charge in [-0.2, -0.15) is 5.10 Å². The monoisotopic (exact) mass is 662 g/mol. The first-order valence-electron chi connectivity index (χ1n) is 15.3. The number of imidazole rings is 1. The lowest BCUT2D eigenvalue weighted by molar-refractivity contribution is 0.328. The van der Waals surface area contributed by atoms with E-state index in [0.717, 1.165) is 53.7 Å². The number of allylic oxidation sites excluding steroid dienone is 1. The molecule has 3 aliphatic rings. The summed E-state index contributed by atoms with van der Waals surface area (Å²) in [4.78, 5) is 14.1. The first-order chi connectivity index (χ1) is 21.9. The van der Waals surface area contributed by atoms with E-state index in [1.165, 1.54) is 30.1 Å². The second-order valence-electron chi connectivity index (χ2n) is 12.3. The third-order valence-corrected chi connectivity index (χ3v) is 11.0. The Balaban J connectivity index is 1.12. The van der Waals surface area contributed by atoms with E-state index in [1.807, 2.05) is 22.2 Å². The number of fused-ring (bicyclic) bond motifs is 3. The van der Waals surface area contributed by atoms with Gasteiger partial charge in [0, 0.05) is 78.4 Å². The van der Waals surface area contributed by atoms with Gasteiger partial charge in [0.15, 0.2) is 5.13 Å². The largest absolute Gasteiger partial charge is 0.371 e. The normalized spacial score (nSPS) is 21.9. The zero-order chi connectivity index (χ0) is 30.8. The Kier molecular flexibility index (Phi) is 7.36. The Morgan fingerprint density at radius 3 is 2.60 bits per heavy atom. The fourth-order valence-electron chi connectivity index (χ4n) is 7.34. The number of thiazole rings is 1. The van der Waals surface area contributed by atoms with Gasteiger partial charge in [-0.1, -0.05) is 48.8 Å². The van der Waals surface area contributed by atoms with Gasteiger partial charge in [-0.3, -0.25) is 4.68 Å². The SMILES string of the molecule is C=C(Nc1nccs1)C(c1ncn2c1C[C@@H](F)C2)n1cc2c(Cl)cc(-c3ccc(N4CC5CN(CC)C[C@H]5C4)cc3)c(Cl)c2n1. The molecule has 45 heavy (non-hydrogen) atoms. The van der Waals surface area contributed by atoms with Crippen molar-refractivity contribution in [2.75, 3.05) is 42.9 Å². The molecule has 0 amide bonds. The number of likely N-dealkylation sites (tertiary alicyclic amines) is 1. The predicted octanol–water partition coefficient (Wildman–Crippen LogP) is 7.16. The Hall–Kier alpha value is -3.44. The van der Waals surface area contributed by atoms with Crippen molar-refractivity contribution in [3.05, 3.63) is 88.1 Å². The molecule has 1 N–H and O–H groups in total. The number of hydrogen-bond donors (Lipinski definition) is 1. The van der Waals surface area contributed by atoms with Crippen LogP contribution in [0, 0.1) is 11.8 Å². The molecule has 2 fully saturated rings. The van der Waals surface area contributed by atoms with Gasteiger partial charge in [0.25, 0.3) is 0 Å².